The Bertz CT molecular complexity index is 895. The first-order valence-corrected chi connectivity index (χ1v) is 8.63. The molecule has 0 radical (unpaired) electrons. The summed E-state index contributed by atoms with van der Waals surface area (Å²) in [6.07, 6.45) is 0. The Morgan fingerprint density at radius 3 is 2.58 bits per heavy atom. The monoisotopic (exact) mass is 375 g/mol. The molecule has 0 spiro atoms. The Morgan fingerprint density at radius 2 is 1.92 bits per heavy atom. The highest BCUT2D eigenvalue weighted by atomic mass is 32.2. The van der Waals surface area contributed by atoms with Gasteiger partial charge in [0.25, 0.3) is 0 Å². The number of rotatable bonds is 5. The number of carbonyl (C=O) groups is 1. The largest absolute Gasteiger partial charge is 0.478 e. The van der Waals surface area contributed by atoms with Crippen molar-refractivity contribution in [3.8, 4) is 0 Å². The number of hydrogen-bond donors (Lipinski definition) is 1. The normalized spacial score (nSPS) is 16.1. The van der Waals surface area contributed by atoms with Crippen LogP contribution in [0.25, 0.3) is 11.3 Å². The van der Waals surface area contributed by atoms with Crippen molar-refractivity contribution in [2.45, 2.75) is 31.3 Å². The molecule has 26 heavy (non-hydrogen) atoms. The predicted molar refractivity (Wildman–Crippen MR) is 96.8 cm³/mol. The third kappa shape index (κ3) is 3.52. The minimum atomic E-state index is -1.02. The van der Waals surface area contributed by atoms with Crippen molar-refractivity contribution in [1.29, 1.82) is 0 Å². The maximum absolute atomic E-state index is 13.7. The molecule has 136 valence electrons. The van der Waals surface area contributed by atoms with Crippen LogP contribution >= 0.6 is 12.0 Å². The molecular formula is C19H18FNO4S. The zero-order chi connectivity index (χ0) is 18.9. The standard InChI is InChI=1S/C19H18FNO4S/c1-11-9-13(7-8-15(11)26-25-24-21)17-16(18(22)19(2,3)23-17)12-5-4-6-14(20)10-12/h4-10H,21H2,1-3H3. The SMILES string of the molecule is Cc1cc(C2=C(c3cccc(F)c3)C(=O)C(C)(C)O2)ccc1SOON. The number of ketones is 1. The second-order valence-electron chi connectivity index (χ2n) is 6.38. The van der Waals surface area contributed by atoms with Crippen LogP contribution in [0.4, 0.5) is 4.39 Å². The van der Waals surface area contributed by atoms with Crippen molar-refractivity contribution in [1.82, 2.24) is 0 Å². The molecule has 0 amide bonds. The summed E-state index contributed by atoms with van der Waals surface area (Å²) >= 11 is 0.977. The maximum Gasteiger partial charge on any atom is 0.210 e. The lowest BCUT2D eigenvalue weighted by Gasteiger charge is -2.18. The smallest absolute Gasteiger partial charge is 0.210 e. The molecule has 0 aliphatic carbocycles. The molecule has 0 saturated heterocycles. The molecule has 0 unspecified atom stereocenters. The zero-order valence-electron chi connectivity index (χ0n) is 14.5. The molecule has 1 aliphatic heterocycles. The van der Waals surface area contributed by atoms with Crippen LogP contribution in [0.3, 0.4) is 0 Å². The van der Waals surface area contributed by atoms with E-state index in [9.17, 15) is 9.18 Å². The van der Waals surface area contributed by atoms with Crippen LogP contribution in [0, 0.1) is 12.7 Å². The fourth-order valence-corrected chi connectivity index (χ4v) is 3.23. The minimum Gasteiger partial charge on any atom is -0.478 e. The summed E-state index contributed by atoms with van der Waals surface area (Å²) in [6.45, 7) is 5.28. The lowest BCUT2D eigenvalue weighted by Crippen LogP contribution is -2.29. The highest BCUT2D eigenvalue weighted by Gasteiger charge is 2.42. The first-order chi connectivity index (χ1) is 12.3. The van der Waals surface area contributed by atoms with E-state index in [0.29, 0.717) is 16.9 Å². The molecule has 3 rings (SSSR count). The van der Waals surface area contributed by atoms with Crippen LogP contribution in [0.1, 0.15) is 30.5 Å². The molecule has 0 atom stereocenters. The van der Waals surface area contributed by atoms with Crippen LogP contribution in [-0.2, 0) is 18.9 Å². The molecule has 0 bridgehead atoms. The summed E-state index contributed by atoms with van der Waals surface area (Å²) in [5, 5.41) is 0. The number of halogens is 1. The zero-order valence-corrected chi connectivity index (χ0v) is 15.4. The van der Waals surface area contributed by atoms with Gasteiger partial charge in [-0.1, -0.05) is 18.2 Å². The average Bonchev–Trinajstić information content (AvgIpc) is 2.84. The fraction of sp³-hybridized carbons (Fsp3) is 0.211. The van der Waals surface area contributed by atoms with Crippen molar-refractivity contribution in [2.75, 3.05) is 0 Å². The summed E-state index contributed by atoms with van der Waals surface area (Å²) in [4.78, 5) is 17.8. The van der Waals surface area contributed by atoms with Crippen LogP contribution in [0.15, 0.2) is 47.4 Å². The van der Waals surface area contributed by atoms with E-state index in [1.165, 1.54) is 12.1 Å². The van der Waals surface area contributed by atoms with Crippen molar-refractivity contribution < 1.29 is 23.2 Å². The molecule has 1 aliphatic rings. The van der Waals surface area contributed by atoms with Gasteiger partial charge in [0.2, 0.25) is 5.78 Å². The van der Waals surface area contributed by atoms with Gasteiger partial charge in [-0.3, -0.25) is 4.79 Å². The van der Waals surface area contributed by atoms with Gasteiger partial charge in [-0.05, 0) is 56.2 Å². The fourth-order valence-electron chi connectivity index (χ4n) is 2.81. The Kier molecular flexibility index (Phi) is 5.15. The quantitative estimate of drug-likeness (QED) is 0.480. The molecule has 1 heterocycles. The third-order valence-corrected chi connectivity index (χ3v) is 4.86. The summed E-state index contributed by atoms with van der Waals surface area (Å²) in [6, 6.07) is 11.4. The van der Waals surface area contributed by atoms with E-state index in [-0.39, 0.29) is 5.78 Å². The molecular weight excluding hydrogens is 357 g/mol. The van der Waals surface area contributed by atoms with E-state index < -0.39 is 11.4 Å². The molecule has 5 nitrogen and oxygen atoms in total. The van der Waals surface area contributed by atoms with Gasteiger partial charge in [-0.2, -0.15) is 5.90 Å². The Balaban J connectivity index is 2.10. The molecule has 2 aromatic carbocycles. The van der Waals surface area contributed by atoms with Crippen molar-refractivity contribution in [3.05, 3.63) is 65.0 Å². The number of ether oxygens (including phenoxy) is 1. The first kappa shape index (κ1) is 18.6. The van der Waals surface area contributed by atoms with E-state index in [1.54, 1.807) is 32.0 Å². The third-order valence-electron chi connectivity index (χ3n) is 4.07. The number of carbonyl (C=O) groups excluding carboxylic acids is 1. The van der Waals surface area contributed by atoms with Gasteiger partial charge in [0.15, 0.2) is 5.60 Å². The van der Waals surface area contributed by atoms with Crippen molar-refractivity contribution in [3.63, 3.8) is 0 Å². The van der Waals surface area contributed by atoms with Crippen LogP contribution in [-0.4, -0.2) is 11.4 Å². The van der Waals surface area contributed by atoms with Gasteiger partial charge in [0, 0.05) is 10.5 Å². The van der Waals surface area contributed by atoms with Gasteiger partial charge < -0.3 is 4.74 Å². The molecule has 2 aromatic rings. The highest BCUT2D eigenvalue weighted by molar-refractivity contribution is 7.94. The van der Waals surface area contributed by atoms with Gasteiger partial charge in [-0.25, -0.2) is 4.39 Å². The number of hydrogen-bond acceptors (Lipinski definition) is 6. The second-order valence-corrected chi connectivity index (χ2v) is 7.13. The van der Waals surface area contributed by atoms with Gasteiger partial charge in [0.05, 0.1) is 17.6 Å². The van der Waals surface area contributed by atoms with E-state index in [0.717, 1.165) is 28.1 Å². The molecule has 0 aromatic heterocycles. The summed E-state index contributed by atoms with van der Waals surface area (Å²) in [7, 11) is 0. The van der Waals surface area contributed by atoms with Crippen LogP contribution < -0.4 is 5.90 Å². The molecule has 0 saturated carbocycles. The maximum atomic E-state index is 13.7. The van der Waals surface area contributed by atoms with Crippen molar-refractivity contribution in [2.24, 2.45) is 5.90 Å². The van der Waals surface area contributed by atoms with Crippen LogP contribution in [0.5, 0.6) is 0 Å². The van der Waals surface area contributed by atoms with Gasteiger partial charge >= 0.3 is 0 Å². The van der Waals surface area contributed by atoms with Gasteiger partial charge in [-0.15, -0.1) is 9.32 Å². The number of Topliss-reactive ketones (excluding diaryl/α,β-unsaturated/α-hetero) is 1. The second kappa shape index (κ2) is 7.20. The lowest BCUT2D eigenvalue weighted by atomic mass is 9.92. The Hall–Kier alpha value is -2.19. The van der Waals surface area contributed by atoms with Crippen LogP contribution in [0.2, 0.25) is 0 Å². The Labute approximate surface area is 155 Å². The number of nitrogens with two attached hydrogens (primary N) is 1. The first-order valence-electron chi connectivity index (χ1n) is 7.88. The highest BCUT2D eigenvalue weighted by Crippen LogP contribution is 2.42. The van der Waals surface area contributed by atoms with E-state index in [1.807, 2.05) is 19.1 Å². The van der Waals surface area contributed by atoms with E-state index in [4.69, 9.17) is 10.6 Å². The average molecular weight is 375 g/mol. The molecule has 2 N–H and O–H groups in total. The van der Waals surface area contributed by atoms with Gasteiger partial charge in [0.1, 0.15) is 11.6 Å². The van der Waals surface area contributed by atoms with E-state index >= 15 is 0 Å². The lowest BCUT2D eigenvalue weighted by molar-refractivity contribution is -0.195. The minimum absolute atomic E-state index is 0.186. The predicted octanol–water partition coefficient (Wildman–Crippen LogP) is 4.21. The van der Waals surface area contributed by atoms with E-state index in [2.05, 4.69) is 9.32 Å². The molecule has 0 fully saturated rings. The summed E-state index contributed by atoms with van der Waals surface area (Å²) in [5.74, 6) is 4.69. The number of benzene rings is 2. The molecule has 7 heteroatoms. The topological polar surface area (TPSA) is 70.8 Å². The Morgan fingerprint density at radius 1 is 1.15 bits per heavy atom. The summed E-state index contributed by atoms with van der Waals surface area (Å²) < 4.78 is 24.3. The number of aryl methyl sites for hydroxylation is 1. The van der Waals surface area contributed by atoms with Crippen molar-refractivity contribution >= 4 is 29.2 Å². The summed E-state index contributed by atoms with van der Waals surface area (Å²) in [5.41, 5.74) is 1.45.